The van der Waals surface area contributed by atoms with E-state index < -0.39 is 0 Å². The van der Waals surface area contributed by atoms with E-state index in [0.29, 0.717) is 23.9 Å². The van der Waals surface area contributed by atoms with Crippen LogP contribution in [0.5, 0.6) is 5.75 Å². The van der Waals surface area contributed by atoms with Gasteiger partial charge in [0.1, 0.15) is 30.3 Å². The summed E-state index contributed by atoms with van der Waals surface area (Å²) in [6.45, 7) is 0.348. The maximum absolute atomic E-state index is 5.92. The molecule has 9 heteroatoms. The first kappa shape index (κ1) is 17.0. The molecule has 144 valence electrons. The molecule has 0 bridgehead atoms. The number of hydrogen-bond acceptors (Lipinski definition) is 7. The highest BCUT2D eigenvalue weighted by Crippen LogP contribution is 2.23. The average Bonchev–Trinajstić information content (AvgIpc) is 3.39. The first-order valence-electron chi connectivity index (χ1n) is 9.05. The number of pyridine rings is 1. The van der Waals surface area contributed by atoms with Crippen molar-refractivity contribution in [3.8, 4) is 11.6 Å². The summed E-state index contributed by atoms with van der Waals surface area (Å²) in [5.74, 6) is 2.70. The normalized spacial score (nSPS) is 11.2. The SMILES string of the molecule is CNc1ccc2ccc(OCc3cc(-n4ccc5c(N)ncnc54)n[nH]3)cc2n1. The van der Waals surface area contributed by atoms with Gasteiger partial charge in [-0.3, -0.25) is 9.67 Å². The van der Waals surface area contributed by atoms with Crippen LogP contribution in [0, 0.1) is 0 Å². The predicted molar refractivity (Wildman–Crippen MR) is 111 cm³/mol. The van der Waals surface area contributed by atoms with Gasteiger partial charge in [0, 0.05) is 30.8 Å². The van der Waals surface area contributed by atoms with Gasteiger partial charge in [0.2, 0.25) is 0 Å². The van der Waals surface area contributed by atoms with Gasteiger partial charge in [-0.25, -0.2) is 15.0 Å². The highest BCUT2D eigenvalue weighted by Gasteiger charge is 2.11. The molecule has 0 aliphatic heterocycles. The van der Waals surface area contributed by atoms with Gasteiger partial charge in [0.05, 0.1) is 16.6 Å². The maximum Gasteiger partial charge on any atom is 0.160 e. The van der Waals surface area contributed by atoms with Crippen LogP contribution in [0.4, 0.5) is 11.6 Å². The van der Waals surface area contributed by atoms with Crippen LogP contribution in [0.25, 0.3) is 27.8 Å². The molecule has 4 aromatic heterocycles. The minimum Gasteiger partial charge on any atom is -0.487 e. The van der Waals surface area contributed by atoms with Gasteiger partial charge in [0.25, 0.3) is 0 Å². The van der Waals surface area contributed by atoms with Crippen molar-refractivity contribution in [3.05, 3.63) is 60.7 Å². The van der Waals surface area contributed by atoms with Crippen molar-refractivity contribution in [3.63, 3.8) is 0 Å². The van der Waals surface area contributed by atoms with Gasteiger partial charge in [-0.15, -0.1) is 0 Å². The largest absolute Gasteiger partial charge is 0.487 e. The van der Waals surface area contributed by atoms with E-state index >= 15 is 0 Å². The number of nitrogen functional groups attached to an aromatic ring is 1. The molecule has 0 aliphatic rings. The lowest BCUT2D eigenvalue weighted by atomic mass is 10.2. The number of nitrogens with two attached hydrogens (primary N) is 1. The molecule has 4 heterocycles. The maximum atomic E-state index is 5.92. The van der Waals surface area contributed by atoms with Crippen LogP contribution < -0.4 is 15.8 Å². The third-order valence-corrected chi connectivity index (χ3v) is 4.69. The zero-order valence-corrected chi connectivity index (χ0v) is 15.6. The summed E-state index contributed by atoms with van der Waals surface area (Å²) in [6, 6.07) is 13.6. The summed E-state index contributed by atoms with van der Waals surface area (Å²) in [6.07, 6.45) is 3.31. The minimum absolute atomic E-state index is 0.348. The van der Waals surface area contributed by atoms with Crippen molar-refractivity contribution in [1.29, 1.82) is 0 Å². The number of benzene rings is 1. The van der Waals surface area contributed by atoms with Crippen molar-refractivity contribution < 1.29 is 4.74 Å². The molecular weight excluding hydrogens is 368 g/mol. The van der Waals surface area contributed by atoms with Gasteiger partial charge in [-0.1, -0.05) is 0 Å². The van der Waals surface area contributed by atoms with Gasteiger partial charge in [-0.05, 0) is 30.3 Å². The number of aromatic nitrogens is 6. The molecule has 29 heavy (non-hydrogen) atoms. The second-order valence-electron chi connectivity index (χ2n) is 6.52. The first-order chi connectivity index (χ1) is 14.2. The number of anilines is 2. The topological polar surface area (TPSA) is 120 Å². The van der Waals surface area contributed by atoms with E-state index in [4.69, 9.17) is 10.5 Å². The van der Waals surface area contributed by atoms with Crippen molar-refractivity contribution in [2.75, 3.05) is 18.1 Å². The van der Waals surface area contributed by atoms with E-state index in [1.807, 2.05) is 60.3 Å². The smallest absolute Gasteiger partial charge is 0.160 e. The number of nitrogens with zero attached hydrogens (tertiary/aromatic N) is 5. The van der Waals surface area contributed by atoms with Crippen molar-refractivity contribution in [1.82, 2.24) is 29.7 Å². The number of nitrogens with one attached hydrogen (secondary N) is 2. The molecular formula is C20H18N8O. The highest BCUT2D eigenvalue weighted by molar-refractivity contribution is 5.87. The Balaban J connectivity index is 1.36. The zero-order valence-electron chi connectivity index (χ0n) is 15.6. The monoisotopic (exact) mass is 386 g/mol. The number of H-pyrrole nitrogens is 1. The summed E-state index contributed by atoms with van der Waals surface area (Å²) >= 11 is 0. The summed E-state index contributed by atoms with van der Waals surface area (Å²) in [5.41, 5.74) is 8.31. The Bertz CT molecular complexity index is 1320. The van der Waals surface area contributed by atoms with E-state index in [9.17, 15) is 0 Å². The number of hydrogen-bond donors (Lipinski definition) is 3. The molecule has 5 rings (SSSR count). The van der Waals surface area contributed by atoms with Gasteiger partial charge >= 0.3 is 0 Å². The first-order valence-corrected chi connectivity index (χ1v) is 9.05. The molecule has 4 N–H and O–H groups in total. The third-order valence-electron chi connectivity index (χ3n) is 4.69. The molecule has 0 unspecified atom stereocenters. The Morgan fingerprint density at radius 2 is 2.03 bits per heavy atom. The van der Waals surface area contributed by atoms with Crippen LogP contribution in [-0.2, 0) is 6.61 Å². The average molecular weight is 386 g/mol. The second-order valence-corrected chi connectivity index (χ2v) is 6.52. The number of rotatable bonds is 5. The van der Waals surface area contributed by atoms with Crippen LogP contribution >= 0.6 is 0 Å². The summed E-state index contributed by atoms with van der Waals surface area (Å²) in [5, 5.41) is 12.3. The number of ether oxygens (including phenoxy) is 1. The summed E-state index contributed by atoms with van der Waals surface area (Å²) < 4.78 is 7.78. The molecule has 0 saturated carbocycles. The Morgan fingerprint density at radius 1 is 1.14 bits per heavy atom. The van der Waals surface area contributed by atoms with E-state index in [-0.39, 0.29) is 0 Å². The van der Waals surface area contributed by atoms with Crippen LogP contribution in [0.1, 0.15) is 5.69 Å². The molecule has 0 saturated heterocycles. The zero-order chi connectivity index (χ0) is 19.8. The van der Waals surface area contributed by atoms with Crippen LogP contribution in [0.3, 0.4) is 0 Å². The molecule has 9 nitrogen and oxygen atoms in total. The Morgan fingerprint density at radius 3 is 2.93 bits per heavy atom. The van der Waals surface area contributed by atoms with E-state index in [1.165, 1.54) is 6.33 Å². The van der Waals surface area contributed by atoms with E-state index in [0.717, 1.165) is 33.6 Å². The Labute approximate surface area is 165 Å². The lowest BCUT2D eigenvalue weighted by Gasteiger charge is -2.07. The van der Waals surface area contributed by atoms with Crippen molar-refractivity contribution in [2.45, 2.75) is 6.61 Å². The standard InChI is InChI=1S/C20H18N8O/c1-22-17-5-3-12-2-4-14(9-16(12)25-17)29-10-13-8-18(27-26-13)28-7-6-15-19(21)23-11-24-20(15)28/h2-9,11H,10H2,1H3,(H,22,25)(H,26,27)(H2,21,23,24). The molecule has 0 spiro atoms. The molecule has 0 aliphatic carbocycles. The fourth-order valence-electron chi connectivity index (χ4n) is 3.19. The van der Waals surface area contributed by atoms with E-state index in [2.05, 4.69) is 30.5 Å². The van der Waals surface area contributed by atoms with Crippen LogP contribution in [0.2, 0.25) is 0 Å². The van der Waals surface area contributed by atoms with Gasteiger partial charge in [0.15, 0.2) is 11.5 Å². The summed E-state index contributed by atoms with van der Waals surface area (Å²) in [7, 11) is 1.85. The lowest BCUT2D eigenvalue weighted by molar-refractivity contribution is 0.301. The highest BCUT2D eigenvalue weighted by atomic mass is 16.5. The Kier molecular flexibility index (Phi) is 3.98. The molecule has 5 aromatic rings. The van der Waals surface area contributed by atoms with Crippen molar-refractivity contribution >= 4 is 33.6 Å². The quantitative estimate of drug-likeness (QED) is 0.425. The minimum atomic E-state index is 0.348. The number of fused-ring (bicyclic) bond motifs is 2. The van der Waals surface area contributed by atoms with Crippen LogP contribution in [-0.4, -0.2) is 36.8 Å². The van der Waals surface area contributed by atoms with Gasteiger partial charge < -0.3 is 15.8 Å². The third kappa shape index (κ3) is 3.08. The fourth-order valence-corrected chi connectivity index (χ4v) is 3.19. The molecule has 1 aromatic carbocycles. The van der Waals surface area contributed by atoms with E-state index in [1.54, 1.807) is 0 Å². The fraction of sp³-hybridized carbons (Fsp3) is 0.100. The van der Waals surface area contributed by atoms with Gasteiger partial charge in [-0.2, -0.15) is 5.10 Å². The molecule has 0 atom stereocenters. The summed E-state index contributed by atoms with van der Waals surface area (Å²) in [4.78, 5) is 12.9. The predicted octanol–water partition coefficient (Wildman–Crippen LogP) is 2.89. The van der Waals surface area contributed by atoms with Crippen LogP contribution in [0.15, 0.2) is 55.0 Å². The molecule has 0 radical (unpaired) electrons. The lowest BCUT2D eigenvalue weighted by Crippen LogP contribution is -1.97. The number of aromatic amines is 1. The molecule has 0 fully saturated rings. The van der Waals surface area contributed by atoms with Crippen molar-refractivity contribution in [2.24, 2.45) is 0 Å². The second kappa shape index (κ2) is 6.79. The Hall–Kier alpha value is -4.14. The molecule has 0 amide bonds.